The van der Waals surface area contributed by atoms with Gasteiger partial charge >= 0.3 is 0 Å². The monoisotopic (exact) mass is 487 g/mol. The quantitative estimate of drug-likeness (QED) is 0.655. The van der Waals surface area contributed by atoms with Crippen molar-refractivity contribution in [3.63, 3.8) is 0 Å². The lowest BCUT2D eigenvalue weighted by atomic mass is 10.2. The van der Waals surface area contributed by atoms with E-state index in [4.69, 9.17) is 4.74 Å². The summed E-state index contributed by atoms with van der Waals surface area (Å²) in [6, 6.07) is 14.3. The Balaban J connectivity index is 1.78. The van der Waals surface area contributed by atoms with Gasteiger partial charge in [-0.25, -0.2) is 14.9 Å². The fourth-order valence-corrected chi connectivity index (χ4v) is 4.58. The predicted octanol–water partition coefficient (Wildman–Crippen LogP) is 3.56. The Kier molecular flexibility index (Phi) is 5.29. The summed E-state index contributed by atoms with van der Waals surface area (Å²) >= 11 is 4.61. The molecule has 2 aromatic carbocycles. The maximum Gasteiger partial charge on any atom is 0.291 e. The van der Waals surface area contributed by atoms with Crippen molar-refractivity contribution in [2.24, 2.45) is 10.2 Å². The van der Waals surface area contributed by atoms with Gasteiger partial charge in [0.25, 0.3) is 11.0 Å². The second-order valence-corrected chi connectivity index (χ2v) is 8.64. The third-order valence-electron chi connectivity index (χ3n) is 4.70. The number of nitrogens with zero attached hydrogens (tertiary/aromatic N) is 5. The van der Waals surface area contributed by atoms with Crippen LogP contribution in [0.5, 0.6) is 5.75 Å². The number of benzene rings is 2. The van der Waals surface area contributed by atoms with Crippen LogP contribution < -0.4 is 9.75 Å². The number of thioether (sulfide) groups is 1. The number of carbonyl (C=O) groups excluding carboxylic acids is 2. The van der Waals surface area contributed by atoms with Gasteiger partial charge in [-0.2, -0.15) is 10.2 Å². The lowest BCUT2D eigenvalue weighted by Crippen LogP contribution is -2.60. The number of ketones is 1. The number of hydrazone groups is 2. The Morgan fingerprint density at radius 1 is 1.10 bits per heavy atom. The van der Waals surface area contributed by atoms with E-state index < -0.39 is 5.12 Å². The van der Waals surface area contributed by atoms with Crippen molar-refractivity contribution in [2.75, 3.05) is 19.2 Å². The molecule has 2 aliphatic rings. The van der Waals surface area contributed by atoms with E-state index in [-0.39, 0.29) is 11.7 Å². The molecule has 0 N–H and O–H groups in total. The van der Waals surface area contributed by atoms with Gasteiger partial charge in [0.2, 0.25) is 0 Å². The van der Waals surface area contributed by atoms with Crippen LogP contribution in [0.1, 0.15) is 17.3 Å². The minimum atomic E-state index is -1.17. The van der Waals surface area contributed by atoms with Crippen molar-refractivity contribution in [2.45, 2.75) is 12.0 Å². The van der Waals surface area contributed by atoms with Gasteiger partial charge in [0.05, 0.1) is 12.8 Å². The smallest absolute Gasteiger partial charge is 0.291 e. The van der Waals surface area contributed by atoms with Crippen molar-refractivity contribution in [3.8, 4) is 5.75 Å². The molecule has 0 aliphatic carbocycles. The first kappa shape index (κ1) is 20.4. The van der Waals surface area contributed by atoms with Crippen LogP contribution in [0.15, 0.2) is 63.2 Å². The van der Waals surface area contributed by atoms with Gasteiger partial charge in [-0.15, -0.1) is 0 Å². The van der Waals surface area contributed by atoms with E-state index in [1.165, 1.54) is 29.9 Å². The number of carbonyl (C=O) groups is 2. The van der Waals surface area contributed by atoms with E-state index >= 15 is 0 Å². The summed E-state index contributed by atoms with van der Waals surface area (Å²) in [4.78, 5) is 27.1. The predicted molar refractivity (Wildman–Crippen MR) is 120 cm³/mol. The summed E-state index contributed by atoms with van der Waals surface area (Å²) in [6.45, 7) is 1.45. The van der Waals surface area contributed by atoms with E-state index in [9.17, 15) is 9.59 Å². The number of amides is 1. The molecule has 0 fully saturated rings. The summed E-state index contributed by atoms with van der Waals surface area (Å²) in [7, 11) is 3.31. The summed E-state index contributed by atoms with van der Waals surface area (Å²) in [6.07, 6.45) is 1.46. The molecule has 0 radical (unpaired) electrons. The number of hydrogen-bond acceptors (Lipinski definition) is 8. The molecule has 0 saturated heterocycles. The van der Waals surface area contributed by atoms with E-state index in [0.717, 1.165) is 4.47 Å². The molecule has 10 heteroatoms. The lowest BCUT2D eigenvalue weighted by molar-refractivity contribution is -0.110. The molecule has 1 spiro atoms. The Morgan fingerprint density at radius 3 is 2.37 bits per heavy atom. The Hall–Kier alpha value is -2.85. The molecule has 154 valence electrons. The maximum absolute atomic E-state index is 13.4. The van der Waals surface area contributed by atoms with Crippen molar-refractivity contribution in [1.29, 1.82) is 0 Å². The first-order valence-electron chi connectivity index (χ1n) is 8.97. The molecule has 4 rings (SSSR count). The molecule has 30 heavy (non-hydrogen) atoms. The zero-order valence-corrected chi connectivity index (χ0v) is 18.8. The number of methoxy groups -OCH3 is 1. The zero-order valence-electron chi connectivity index (χ0n) is 16.4. The Bertz CT molecular complexity index is 1060. The average molecular weight is 488 g/mol. The molecule has 1 atom stereocenters. The number of anilines is 1. The fraction of sp³-hybridized carbons (Fsp3) is 0.200. The molecule has 0 unspecified atom stereocenters. The molecule has 8 nitrogen and oxygen atoms in total. The third kappa shape index (κ3) is 3.25. The zero-order chi connectivity index (χ0) is 21.5. The first-order valence-corrected chi connectivity index (χ1v) is 10.6. The first-order chi connectivity index (χ1) is 14.4. The highest BCUT2D eigenvalue weighted by Crippen LogP contribution is 2.47. The normalized spacial score (nSPS) is 20.1. The molecular weight excluding hydrogens is 470 g/mol. The number of hydrogen-bond donors (Lipinski definition) is 0. The summed E-state index contributed by atoms with van der Waals surface area (Å²) in [5, 5.41) is 11.3. The number of ether oxygens (including phenoxy) is 1. The van der Waals surface area contributed by atoms with Crippen LogP contribution in [-0.2, 0) is 4.79 Å². The minimum absolute atomic E-state index is 0.184. The van der Waals surface area contributed by atoms with Gasteiger partial charge in [0, 0.05) is 24.0 Å². The van der Waals surface area contributed by atoms with Gasteiger partial charge in [-0.1, -0.05) is 15.9 Å². The number of halogens is 1. The standard InChI is InChI=1S/C20H18BrN5O3S/c1-13(27)18-23-26(16-8-6-15(21)7-9-16)20(30-18)24(2)22-12-25(20)19(28)14-4-10-17(29-3)11-5-14/h4-12H,1-3H3/t20-/m0/s1. The van der Waals surface area contributed by atoms with Crippen LogP contribution in [0, 0.1) is 0 Å². The minimum Gasteiger partial charge on any atom is -0.497 e. The van der Waals surface area contributed by atoms with E-state index in [1.807, 2.05) is 24.3 Å². The van der Waals surface area contributed by atoms with Crippen LogP contribution in [0.25, 0.3) is 0 Å². The molecule has 2 aliphatic heterocycles. The van der Waals surface area contributed by atoms with Crippen molar-refractivity contribution >= 4 is 56.5 Å². The lowest BCUT2D eigenvalue weighted by Gasteiger charge is -2.42. The van der Waals surface area contributed by atoms with Gasteiger partial charge in [0.15, 0.2) is 10.8 Å². The Morgan fingerprint density at radius 2 is 1.77 bits per heavy atom. The van der Waals surface area contributed by atoms with Crippen molar-refractivity contribution < 1.29 is 14.3 Å². The van der Waals surface area contributed by atoms with Gasteiger partial charge in [-0.3, -0.25) is 9.59 Å². The third-order valence-corrected chi connectivity index (χ3v) is 6.70. The SMILES string of the molecule is COc1ccc(C(=O)N2C=NN(C)[C@]23SC(C(C)=O)=NN3c2ccc(Br)cc2)cc1. The average Bonchev–Trinajstić information content (AvgIpc) is 3.30. The summed E-state index contributed by atoms with van der Waals surface area (Å²) < 4.78 is 6.09. The topological polar surface area (TPSA) is 77.8 Å². The largest absolute Gasteiger partial charge is 0.497 e. The van der Waals surface area contributed by atoms with Crippen LogP contribution in [0.3, 0.4) is 0 Å². The van der Waals surface area contributed by atoms with Gasteiger partial charge < -0.3 is 4.74 Å². The fourth-order valence-electron chi connectivity index (χ4n) is 3.15. The molecule has 1 amide bonds. The van der Waals surface area contributed by atoms with Gasteiger partial charge in [-0.05, 0) is 60.3 Å². The highest BCUT2D eigenvalue weighted by molar-refractivity contribution is 9.10. The number of Topliss-reactive ketones (excluding diaryl/α,β-unsaturated/α-hetero) is 1. The van der Waals surface area contributed by atoms with E-state index in [0.29, 0.717) is 22.0 Å². The Labute approximate surface area is 186 Å². The van der Waals surface area contributed by atoms with Gasteiger partial charge in [0.1, 0.15) is 12.1 Å². The van der Waals surface area contributed by atoms with Crippen molar-refractivity contribution in [3.05, 3.63) is 58.6 Å². The van der Waals surface area contributed by atoms with E-state index in [1.54, 1.807) is 48.4 Å². The highest BCUT2D eigenvalue weighted by Gasteiger charge is 2.58. The second-order valence-electron chi connectivity index (χ2n) is 6.58. The summed E-state index contributed by atoms with van der Waals surface area (Å²) in [5.74, 6) is 0.193. The summed E-state index contributed by atoms with van der Waals surface area (Å²) in [5.41, 5.74) is 1.18. The molecule has 0 saturated carbocycles. The molecule has 2 heterocycles. The van der Waals surface area contributed by atoms with Crippen molar-refractivity contribution in [1.82, 2.24) is 9.91 Å². The molecular formula is C20H18BrN5O3S. The van der Waals surface area contributed by atoms with Crippen LogP contribution in [0.2, 0.25) is 0 Å². The van der Waals surface area contributed by atoms with Crippen LogP contribution in [-0.4, -0.2) is 52.3 Å². The maximum atomic E-state index is 13.4. The van der Waals surface area contributed by atoms with Crippen LogP contribution in [0.4, 0.5) is 5.69 Å². The number of rotatable bonds is 4. The molecule has 2 aromatic rings. The second kappa shape index (κ2) is 7.77. The van der Waals surface area contributed by atoms with E-state index in [2.05, 4.69) is 26.1 Å². The van der Waals surface area contributed by atoms with Crippen LogP contribution >= 0.6 is 27.7 Å². The highest BCUT2D eigenvalue weighted by atomic mass is 79.9. The molecule has 0 bridgehead atoms. The molecule has 0 aromatic heterocycles.